The van der Waals surface area contributed by atoms with Gasteiger partial charge in [-0.05, 0) is 57.0 Å². The molecule has 1 amide bonds. The van der Waals surface area contributed by atoms with E-state index in [2.05, 4.69) is 17.6 Å². The third kappa shape index (κ3) is 5.61. The van der Waals surface area contributed by atoms with Gasteiger partial charge in [-0.1, -0.05) is 26.2 Å². The molecule has 0 aromatic heterocycles. The fraction of sp³-hybridized carbons (Fsp3) is 0.938. The number of amides is 1. The normalized spacial score (nSPS) is 27.6. The van der Waals surface area contributed by atoms with Gasteiger partial charge in [0.05, 0.1) is 0 Å². The molecule has 20 heavy (non-hydrogen) atoms. The van der Waals surface area contributed by atoms with Crippen LogP contribution in [-0.2, 0) is 4.79 Å². The standard InChI is InChI=1S/C16H30N2O.ClH/c1-2-14-5-3-4-6-15(14)18-16(19)8-7-13-9-11-17-12-10-13;/h13-15,17H,2-12H2,1H3,(H,18,19);1H. The van der Waals surface area contributed by atoms with Crippen LogP contribution in [0.4, 0.5) is 0 Å². The average Bonchev–Trinajstić information content (AvgIpc) is 2.47. The maximum atomic E-state index is 12.1. The Morgan fingerprint density at radius 1 is 1.15 bits per heavy atom. The second-order valence-electron chi connectivity index (χ2n) is 6.36. The van der Waals surface area contributed by atoms with E-state index in [1.54, 1.807) is 0 Å². The highest BCUT2D eigenvalue weighted by atomic mass is 35.5. The molecule has 2 aliphatic rings. The van der Waals surface area contributed by atoms with Gasteiger partial charge in [0.2, 0.25) is 5.91 Å². The van der Waals surface area contributed by atoms with E-state index in [4.69, 9.17) is 0 Å². The fourth-order valence-electron chi connectivity index (χ4n) is 3.67. The van der Waals surface area contributed by atoms with Crippen molar-refractivity contribution in [1.82, 2.24) is 10.6 Å². The lowest BCUT2D eigenvalue weighted by molar-refractivity contribution is -0.122. The molecule has 3 nitrogen and oxygen atoms in total. The number of halogens is 1. The van der Waals surface area contributed by atoms with Gasteiger partial charge in [0, 0.05) is 12.5 Å². The first-order valence-electron chi connectivity index (χ1n) is 8.29. The zero-order valence-electron chi connectivity index (χ0n) is 12.8. The molecular formula is C16H31ClN2O. The number of rotatable bonds is 5. The van der Waals surface area contributed by atoms with E-state index in [1.165, 1.54) is 44.9 Å². The molecule has 0 aromatic carbocycles. The summed E-state index contributed by atoms with van der Waals surface area (Å²) in [5.74, 6) is 1.78. The Labute approximate surface area is 130 Å². The van der Waals surface area contributed by atoms with Crippen LogP contribution >= 0.6 is 12.4 Å². The smallest absolute Gasteiger partial charge is 0.220 e. The minimum atomic E-state index is 0. The largest absolute Gasteiger partial charge is 0.353 e. The lowest BCUT2D eigenvalue weighted by atomic mass is 9.82. The molecule has 0 bridgehead atoms. The van der Waals surface area contributed by atoms with Gasteiger partial charge in [-0.3, -0.25) is 4.79 Å². The number of hydrogen-bond acceptors (Lipinski definition) is 2. The Bertz CT molecular complexity index is 280. The summed E-state index contributed by atoms with van der Waals surface area (Å²) >= 11 is 0. The van der Waals surface area contributed by atoms with Gasteiger partial charge in [0.15, 0.2) is 0 Å². The fourth-order valence-corrected chi connectivity index (χ4v) is 3.67. The summed E-state index contributed by atoms with van der Waals surface area (Å²) in [5.41, 5.74) is 0. The summed E-state index contributed by atoms with van der Waals surface area (Å²) < 4.78 is 0. The Balaban J connectivity index is 0.00000200. The van der Waals surface area contributed by atoms with E-state index < -0.39 is 0 Å². The molecule has 2 atom stereocenters. The number of carbonyl (C=O) groups excluding carboxylic acids is 1. The molecule has 2 unspecified atom stereocenters. The number of carbonyl (C=O) groups is 1. The van der Waals surface area contributed by atoms with Crippen molar-refractivity contribution in [2.24, 2.45) is 11.8 Å². The molecule has 2 rings (SSSR count). The van der Waals surface area contributed by atoms with Crippen molar-refractivity contribution in [3.8, 4) is 0 Å². The van der Waals surface area contributed by atoms with Crippen LogP contribution in [0, 0.1) is 11.8 Å². The zero-order chi connectivity index (χ0) is 13.5. The van der Waals surface area contributed by atoms with E-state index in [-0.39, 0.29) is 12.4 Å². The minimum absolute atomic E-state index is 0. The summed E-state index contributed by atoms with van der Waals surface area (Å²) in [6.07, 6.45) is 10.6. The van der Waals surface area contributed by atoms with E-state index in [0.717, 1.165) is 37.8 Å². The van der Waals surface area contributed by atoms with Crippen molar-refractivity contribution in [2.75, 3.05) is 13.1 Å². The van der Waals surface area contributed by atoms with Crippen LogP contribution in [0.1, 0.15) is 64.7 Å². The predicted molar refractivity (Wildman–Crippen MR) is 86.3 cm³/mol. The molecule has 2 N–H and O–H groups in total. The van der Waals surface area contributed by atoms with Gasteiger partial charge < -0.3 is 10.6 Å². The van der Waals surface area contributed by atoms with Crippen molar-refractivity contribution < 1.29 is 4.79 Å². The highest BCUT2D eigenvalue weighted by molar-refractivity contribution is 5.85. The van der Waals surface area contributed by atoms with Crippen LogP contribution in [0.5, 0.6) is 0 Å². The van der Waals surface area contributed by atoms with Crippen LogP contribution in [0.3, 0.4) is 0 Å². The predicted octanol–water partition coefficient (Wildman–Crippen LogP) is 3.27. The molecule has 0 radical (unpaired) electrons. The van der Waals surface area contributed by atoms with Gasteiger partial charge in [-0.15, -0.1) is 12.4 Å². The SMILES string of the molecule is CCC1CCCCC1NC(=O)CCC1CCNCC1.Cl. The third-order valence-electron chi connectivity index (χ3n) is 5.02. The van der Waals surface area contributed by atoms with Gasteiger partial charge in [0.25, 0.3) is 0 Å². The summed E-state index contributed by atoms with van der Waals surface area (Å²) in [6, 6.07) is 0.458. The monoisotopic (exact) mass is 302 g/mol. The second-order valence-corrected chi connectivity index (χ2v) is 6.36. The summed E-state index contributed by atoms with van der Waals surface area (Å²) in [6.45, 7) is 4.52. The van der Waals surface area contributed by atoms with Gasteiger partial charge in [-0.2, -0.15) is 0 Å². The van der Waals surface area contributed by atoms with Crippen LogP contribution < -0.4 is 10.6 Å². The Morgan fingerprint density at radius 2 is 1.85 bits per heavy atom. The summed E-state index contributed by atoms with van der Waals surface area (Å²) in [7, 11) is 0. The van der Waals surface area contributed by atoms with E-state index in [9.17, 15) is 4.79 Å². The third-order valence-corrected chi connectivity index (χ3v) is 5.02. The first kappa shape index (κ1) is 17.8. The molecule has 118 valence electrons. The zero-order valence-corrected chi connectivity index (χ0v) is 13.6. The maximum Gasteiger partial charge on any atom is 0.220 e. The van der Waals surface area contributed by atoms with E-state index >= 15 is 0 Å². The minimum Gasteiger partial charge on any atom is -0.353 e. The van der Waals surface area contributed by atoms with Crippen molar-refractivity contribution in [3.63, 3.8) is 0 Å². The van der Waals surface area contributed by atoms with Crippen molar-refractivity contribution in [1.29, 1.82) is 0 Å². The highest BCUT2D eigenvalue weighted by Crippen LogP contribution is 2.27. The molecule has 1 aliphatic carbocycles. The summed E-state index contributed by atoms with van der Waals surface area (Å²) in [4.78, 5) is 12.1. The van der Waals surface area contributed by atoms with Crippen LogP contribution in [0.25, 0.3) is 0 Å². The Kier molecular flexibility index (Phi) is 8.55. The van der Waals surface area contributed by atoms with Gasteiger partial charge in [0.1, 0.15) is 0 Å². The van der Waals surface area contributed by atoms with Crippen molar-refractivity contribution in [3.05, 3.63) is 0 Å². The molecule has 0 spiro atoms. The number of piperidine rings is 1. The van der Waals surface area contributed by atoms with Crippen LogP contribution in [0.2, 0.25) is 0 Å². The number of nitrogens with one attached hydrogen (secondary N) is 2. The molecule has 1 saturated heterocycles. The highest BCUT2D eigenvalue weighted by Gasteiger charge is 2.25. The molecular weight excluding hydrogens is 272 g/mol. The number of hydrogen-bond donors (Lipinski definition) is 2. The van der Waals surface area contributed by atoms with E-state index in [0.29, 0.717) is 11.9 Å². The molecule has 1 heterocycles. The van der Waals surface area contributed by atoms with Crippen LogP contribution in [0.15, 0.2) is 0 Å². The quantitative estimate of drug-likeness (QED) is 0.818. The lowest BCUT2D eigenvalue weighted by Crippen LogP contribution is -2.42. The molecule has 2 fully saturated rings. The Morgan fingerprint density at radius 3 is 2.55 bits per heavy atom. The molecule has 0 aromatic rings. The topological polar surface area (TPSA) is 41.1 Å². The van der Waals surface area contributed by atoms with Crippen molar-refractivity contribution >= 4 is 18.3 Å². The lowest BCUT2D eigenvalue weighted by Gasteiger charge is -2.31. The molecule has 4 heteroatoms. The molecule has 1 aliphatic heterocycles. The van der Waals surface area contributed by atoms with Crippen LogP contribution in [-0.4, -0.2) is 25.0 Å². The molecule has 1 saturated carbocycles. The first-order valence-corrected chi connectivity index (χ1v) is 8.29. The average molecular weight is 303 g/mol. The summed E-state index contributed by atoms with van der Waals surface area (Å²) in [5, 5.41) is 6.69. The first-order chi connectivity index (χ1) is 9.29. The van der Waals surface area contributed by atoms with Crippen molar-refractivity contribution in [2.45, 2.75) is 70.8 Å². The van der Waals surface area contributed by atoms with Gasteiger partial charge >= 0.3 is 0 Å². The Hall–Kier alpha value is -0.280. The second kappa shape index (κ2) is 9.62. The van der Waals surface area contributed by atoms with E-state index in [1.807, 2.05) is 0 Å². The maximum absolute atomic E-state index is 12.1. The van der Waals surface area contributed by atoms with Gasteiger partial charge in [-0.25, -0.2) is 0 Å².